The average Bonchev–Trinajstić information content (AvgIpc) is 2.97. The molecule has 0 amide bonds. The molecule has 3 rings (SSSR count). The first kappa shape index (κ1) is 13.2. The number of nitrogens with two attached hydrogens (primary N) is 1. The average molecular weight is 273 g/mol. The van der Waals surface area contributed by atoms with Crippen LogP contribution in [0.2, 0.25) is 0 Å². The molecule has 0 saturated carbocycles. The summed E-state index contributed by atoms with van der Waals surface area (Å²) in [5, 5.41) is 9.22. The monoisotopic (exact) mass is 273 g/mol. The van der Waals surface area contributed by atoms with Gasteiger partial charge in [0.15, 0.2) is 0 Å². The van der Waals surface area contributed by atoms with Crippen LogP contribution in [0.4, 0.5) is 11.5 Å². The van der Waals surface area contributed by atoms with Crippen molar-refractivity contribution in [2.45, 2.75) is 12.5 Å². The summed E-state index contributed by atoms with van der Waals surface area (Å²) in [4.78, 5) is 9.02. The van der Waals surface area contributed by atoms with Gasteiger partial charge in [-0.25, -0.2) is 4.98 Å². The number of nitrogen functional groups attached to an aromatic ring is 1. The fourth-order valence-electron chi connectivity index (χ4n) is 2.98. The molecule has 20 heavy (non-hydrogen) atoms. The maximum absolute atomic E-state index is 9.22. The van der Waals surface area contributed by atoms with Gasteiger partial charge >= 0.3 is 0 Å². The molecule has 6 nitrogen and oxygen atoms in total. The number of morpholine rings is 1. The molecule has 1 aromatic heterocycles. The Kier molecular flexibility index (Phi) is 3.72. The minimum Gasteiger partial charge on any atom is -0.397 e. The van der Waals surface area contributed by atoms with Crippen molar-refractivity contribution in [2.24, 2.45) is 0 Å². The molecular weight excluding hydrogens is 254 g/mol. The maximum atomic E-state index is 9.22. The highest BCUT2D eigenvalue weighted by Crippen LogP contribution is 2.25. The van der Waals surface area contributed by atoms with Gasteiger partial charge < -0.3 is 15.4 Å². The predicted octanol–water partition coefficient (Wildman–Crippen LogP) is 0.446. The molecule has 1 unspecified atom stereocenters. The first-order valence-corrected chi connectivity index (χ1v) is 7.00. The zero-order valence-corrected chi connectivity index (χ0v) is 11.5. The molecule has 1 aromatic rings. The van der Waals surface area contributed by atoms with Crippen molar-refractivity contribution in [3.05, 3.63) is 17.8 Å². The van der Waals surface area contributed by atoms with Crippen LogP contribution in [-0.2, 0) is 4.74 Å². The summed E-state index contributed by atoms with van der Waals surface area (Å²) in [5.41, 5.74) is 6.79. The number of hydrogen-bond donors (Lipinski definition) is 1. The Morgan fingerprint density at radius 1 is 1.35 bits per heavy atom. The molecule has 0 aliphatic carbocycles. The fraction of sp³-hybridized carbons (Fsp3) is 0.571. The topological polar surface area (TPSA) is 78.4 Å². The third-order valence-electron chi connectivity index (χ3n) is 4.03. The summed E-state index contributed by atoms with van der Waals surface area (Å²) in [5.74, 6) is 0.762. The van der Waals surface area contributed by atoms with Crippen molar-refractivity contribution < 1.29 is 4.74 Å². The van der Waals surface area contributed by atoms with Gasteiger partial charge in [0.1, 0.15) is 11.9 Å². The van der Waals surface area contributed by atoms with E-state index in [1.807, 2.05) is 0 Å². The fourth-order valence-corrected chi connectivity index (χ4v) is 2.98. The number of ether oxygens (including phenoxy) is 1. The van der Waals surface area contributed by atoms with Crippen molar-refractivity contribution >= 4 is 11.5 Å². The standard InChI is InChI=1S/C14H19N5O/c15-8-11-7-12(16)9-17-14(11)19-2-1-13(10-19)18-3-5-20-6-4-18/h7,9,13H,1-6,10,16H2. The summed E-state index contributed by atoms with van der Waals surface area (Å²) in [6.07, 6.45) is 2.73. The smallest absolute Gasteiger partial charge is 0.146 e. The third kappa shape index (κ3) is 2.55. The molecule has 2 saturated heterocycles. The van der Waals surface area contributed by atoms with Crippen LogP contribution in [0.25, 0.3) is 0 Å². The van der Waals surface area contributed by atoms with Gasteiger partial charge in [-0.05, 0) is 12.5 Å². The first-order chi connectivity index (χ1) is 9.78. The highest BCUT2D eigenvalue weighted by Gasteiger charge is 2.30. The molecule has 2 aliphatic rings. The second kappa shape index (κ2) is 5.65. The zero-order chi connectivity index (χ0) is 13.9. The molecule has 0 bridgehead atoms. The van der Waals surface area contributed by atoms with Crippen molar-refractivity contribution in [1.29, 1.82) is 5.26 Å². The maximum Gasteiger partial charge on any atom is 0.146 e. The summed E-state index contributed by atoms with van der Waals surface area (Å²) in [6, 6.07) is 4.42. The van der Waals surface area contributed by atoms with E-state index in [0.717, 1.165) is 51.6 Å². The van der Waals surface area contributed by atoms with Crippen LogP contribution >= 0.6 is 0 Å². The minimum absolute atomic E-state index is 0.532. The van der Waals surface area contributed by atoms with Crippen molar-refractivity contribution in [3.8, 4) is 6.07 Å². The van der Waals surface area contributed by atoms with Gasteiger partial charge in [0.25, 0.3) is 0 Å². The van der Waals surface area contributed by atoms with Crippen LogP contribution in [0, 0.1) is 11.3 Å². The van der Waals surface area contributed by atoms with Crippen LogP contribution in [0.1, 0.15) is 12.0 Å². The third-order valence-corrected chi connectivity index (χ3v) is 4.03. The lowest BCUT2D eigenvalue weighted by atomic mass is 10.2. The number of hydrogen-bond acceptors (Lipinski definition) is 6. The van der Waals surface area contributed by atoms with Crippen LogP contribution in [0.15, 0.2) is 12.3 Å². The Balaban J connectivity index is 1.72. The van der Waals surface area contributed by atoms with Gasteiger partial charge in [0.2, 0.25) is 0 Å². The number of aromatic nitrogens is 1. The van der Waals surface area contributed by atoms with Gasteiger partial charge in [-0.3, -0.25) is 4.90 Å². The minimum atomic E-state index is 0.532. The summed E-state index contributed by atoms with van der Waals surface area (Å²) in [7, 11) is 0. The lowest BCUT2D eigenvalue weighted by Gasteiger charge is -2.32. The van der Waals surface area contributed by atoms with Crippen LogP contribution in [0.3, 0.4) is 0 Å². The Morgan fingerprint density at radius 2 is 2.15 bits per heavy atom. The normalized spacial score (nSPS) is 23.8. The predicted molar refractivity (Wildman–Crippen MR) is 76.4 cm³/mol. The van der Waals surface area contributed by atoms with Crippen molar-refractivity contribution in [1.82, 2.24) is 9.88 Å². The van der Waals surface area contributed by atoms with E-state index in [1.165, 1.54) is 0 Å². The summed E-state index contributed by atoms with van der Waals surface area (Å²) in [6.45, 7) is 5.50. The van der Waals surface area contributed by atoms with E-state index < -0.39 is 0 Å². The lowest BCUT2D eigenvalue weighted by Crippen LogP contribution is -2.44. The van der Waals surface area contributed by atoms with Gasteiger partial charge in [0, 0.05) is 32.2 Å². The Labute approximate surface area is 118 Å². The highest BCUT2D eigenvalue weighted by atomic mass is 16.5. The van der Waals surface area contributed by atoms with E-state index in [2.05, 4.69) is 20.9 Å². The quantitative estimate of drug-likeness (QED) is 0.842. The lowest BCUT2D eigenvalue weighted by molar-refractivity contribution is 0.0209. The number of nitriles is 1. The van der Waals surface area contributed by atoms with Crippen LogP contribution < -0.4 is 10.6 Å². The van der Waals surface area contributed by atoms with E-state index in [-0.39, 0.29) is 0 Å². The Bertz CT molecular complexity index is 521. The molecule has 2 aliphatic heterocycles. The number of pyridine rings is 1. The Morgan fingerprint density at radius 3 is 2.90 bits per heavy atom. The summed E-state index contributed by atoms with van der Waals surface area (Å²) < 4.78 is 5.40. The molecule has 6 heteroatoms. The second-order valence-corrected chi connectivity index (χ2v) is 5.29. The molecule has 2 fully saturated rings. The van der Waals surface area contributed by atoms with Gasteiger partial charge in [-0.1, -0.05) is 0 Å². The van der Waals surface area contributed by atoms with E-state index in [4.69, 9.17) is 10.5 Å². The van der Waals surface area contributed by atoms with E-state index in [1.54, 1.807) is 12.3 Å². The van der Waals surface area contributed by atoms with Crippen LogP contribution in [0.5, 0.6) is 0 Å². The van der Waals surface area contributed by atoms with Gasteiger partial charge in [-0.15, -0.1) is 0 Å². The largest absolute Gasteiger partial charge is 0.397 e. The zero-order valence-electron chi connectivity index (χ0n) is 11.5. The van der Waals surface area contributed by atoms with Crippen molar-refractivity contribution in [2.75, 3.05) is 50.0 Å². The molecule has 2 N–H and O–H groups in total. The second-order valence-electron chi connectivity index (χ2n) is 5.29. The van der Waals surface area contributed by atoms with Gasteiger partial charge in [0.05, 0.1) is 30.7 Å². The van der Waals surface area contributed by atoms with Crippen molar-refractivity contribution in [3.63, 3.8) is 0 Å². The molecule has 0 spiro atoms. The van der Waals surface area contributed by atoms with E-state index in [0.29, 0.717) is 17.3 Å². The first-order valence-electron chi connectivity index (χ1n) is 7.00. The SMILES string of the molecule is N#Cc1cc(N)cnc1N1CCC(N2CCOCC2)C1. The number of nitrogens with zero attached hydrogens (tertiary/aromatic N) is 4. The molecule has 0 aromatic carbocycles. The molecule has 0 radical (unpaired) electrons. The highest BCUT2D eigenvalue weighted by molar-refractivity contribution is 5.59. The molecule has 106 valence electrons. The molecule has 1 atom stereocenters. The van der Waals surface area contributed by atoms with E-state index >= 15 is 0 Å². The molecule has 3 heterocycles. The molecular formula is C14H19N5O. The summed E-state index contributed by atoms with van der Waals surface area (Å²) >= 11 is 0. The Hall–Kier alpha value is -1.84. The number of rotatable bonds is 2. The van der Waals surface area contributed by atoms with E-state index in [9.17, 15) is 5.26 Å². The van der Waals surface area contributed by atoms with Gasteiger partial charge in [-0.2, -0.15) is 5.26 Å². The number of anilines is 2. The van der Waals surface area contributed by atoms with Crippen LogP contribution in [-0.4, -0.2) is 55.3 Å².